The Bertz CT molecular complexity index is 355. The molecule has 0 bridgehead atoms. The van der Waals surface area contributed by atoms with Gasteiger partial charge in [-0.05, 0) is 36.5 Å². The number of halogens is 1. The van der Waals surface area contributed by atoms with Gasteiger partial charge in [0, 0.05) is 17.1 Å². The molecule has 2 aliphatic rings. The van der Waals surface area contributed by atoms with E-state index in [0.29, 0.717) is 0 Å². The molecule has 1 aromatic rings. The van der Waals surface area contributed by atoms with Gasteiger partial charge in [-0.1, -0.05) is 23.7 Å². The van der Waals surface area contributed by atoms with Crippen molar-refractivity contribution in [2.24, 2.45) is 0 Å². The first-order valence-corrected chi connectivity index (χ1v) is 5.23. The predicted octanol–water partition coefficient (Wildman–Crippen LogP) is 2.47. The van der Waals surface area contributed by atoms with Crippen molar-refractivity contribution in [3.63, 3.8) is 0 Å². The van der Waals surface area contributed by atoms with Crippen LogP contribution < -0.4 is 5.32 Å². The normalized spacial score (nSPS) is 22.8. The van der Waals surface area contributed by atoms with Crippen LogP contribution in [0.4, 0.5) is 0 Å². The number of hydrogen-bond donors (Lipinski definition) is 1. The molecular formula is C11H12ClN. The molecule has 2 heteroatoms. The van der Waals surface area contributed by atoms with Crippen molar-refractivity contribution in [2.45, 2.75) is 24.8 Å². The van der Waals surface area contributed by atoms with Gasteiger partial charge in [-0.2, -0.15) is 0 Å². The Morgan fingerprint density at radius 2 is 2.15 bits per heavy atom. The van der Waals surface area contributed by atoms with Crippen molar-refractivity contribution in [1.29, 1.82) is 0 Å². The Morgan fingerprint density at radius 3 is 2.92 bits per heavy atom. The first-order chi connectivity index (χ1) is 6.32. The molecule has 1 fully saturated rings. The van der Waals surface area contributed by atoms with E-state index in [0.717, 1.165) is 18.0 Å². The third kappa shape index (κ3) is 1.04. The van der Waals surface area contributed by atoms with Crippen LogP contribution in [0.3, 0.4) is 0 Å². The third-order valence-corrected chi connectivity index (χ3v) is 3.50. The maximum Gasteiger partial charge on any atom is 0.0459 e. The molecule has 1 nitrogen and oxygen atoms in total. The van der Waals surface area contributed by atoms with Gasteiger partial charge in [-0.25, -0.2) is 0 Å². The van der Waals surface area contributed by atoms with Crippen LogP contribution in [-0.4, -0.2) is 6.54 Å². The molecule has 1 spiro atoms. The molecule has 1 heterocycles. The fraction of sp³-hybridized carbons (Fsp3) is 0.455. The summed E-state index contributed by atoms with van der Waals surface area (Å²) in [6.45, 7) is 1.10. The van der Waals surface area contributed by atoms with Crippen molar-refractivity contribution in [1.82, 2.24) is 5.32 Å². The average Bonchev–Trinajstić information content (AvgIpc) is 2.86. The minimum Gasteiger partial charge on any atom is -0.307 e. The highest BCUT2D eigenvalue weighted by atomic mass is 35.5. The summed E-state index contributed by atoms with van der Waals surface area (Å²) < 4.78 is 0. The van der Waals surface area contributed by atoms with Crippen LogP contribution in [0, 0.1) is 0 Å². The molecule has 0 atom stereocenters. The highest BCUT2D eigenvalue weighted by Crippen LogP contribution is 2.50. The Labute approximate surface area is 83.1 Å². The van der Waals surface area contributed by atoms with Gasteiger partial charge in [0.1, 0.15) is 0 Å². The molecule has 1 aliphatic heterocycles. The molecule has 0 aromatic heterocycles. The first kappa shape index (κ1) is 7.84. The molecule has 1 aromatic carbocycles. The van der Waals surface area contributed by atoms with Crippen LogP contribution in [0.1, 0.15) is 24.0 Å². The van der Waals surface area contributed by atoms with Gasteiger partial charge < -0.3 is 5.32 Å². The number of hydrogen-bond acceptors (Lipinski definition) is 1. The monoisotopic (exact) mass is 193 g/mol. The van der Waals surface area contributed by atoms with Gasteiger partial charge in [-0.15, -0.1) is 0 Å². The lowest BCUT2D eigenvalue weighted by Crippen LogP contribution is -2.36. The Kier molecular flexibility index (Phi) is 1.50. The molecule has 0 saturated heterocycles. The fourth-order valence-electron chi connectivity index (χ4n) is 2.39. The number of nitrogens with one attached hydrogen (secondary N) is 1. The molecule has 3 rings (SSSR count). The summed E-state index contributed by atoms with van der Waals surface area (Å²) in [4.78, 5) is 0. The molecule has 1 aliphatic carbocycles. The van der Waals surface area contributed by atoms with E-state index in [1.165, 1.54) is 24.0 Å². The summed E-state index contributed by atoms with van der Waals surface area (Å²) >= 11 is 6.23. The zero-order valence-corrected chi connectivity index (χ0v) is 8.19. The molecule has 13 heavy (non-hydrogen) atoms. The highest BCUT2D eigenvalue weighted by molar-refractivity contribution is 6.31. The SMILES string of the molecule is Clc1cccc2c1C1(CC1)NCC2. The van der Waals surface area contributed by atoms with E-state index in [9.17, 15) is 0 Å². The summed E-state index contributed by atoms with van der Waals surface area (Å²) in [5.41, 5.74) is 3.10. The number of benzene rings is 1. The average molecular weight is 194 g/mol. The number of rotatable bonds is 0. The molecule has 0 amide bonds. The zero-order valence-electron chi connectivity index (χ0n) is 7.44. The van der Waals surface area contributed by atoms with E-state index in [4.69, 9.17) is 11.6 Å². The van der Waals surface area contributed by atoms with Gasteiger partial charge in [0.15, 0.2) is 0 Å². The predicted molar refractivity (Wildman–Crippen MR) is 54.1 cm³/mol. The van der Waals surface area contributed by atoms with E-state index in [1.54, 1.807) is 0 Å². The van der Waals surface area contributed by atoms with E-state index >= 15 is 0 Å². The Morgan fingerprint density at radius 1 is 1.31 bits per heavy atom. The molecule has 0 radical (unpaired) electrons. The highest BCUT2D eigenvalue weighted by Gasteiger charge is 2.47. The van der Waals surface area contributed by atoms with Crippen LogP contribution in [0.15, 0.2) is 18.2 Å². The maximum absolute atomic E-state index is 6.23. The summed E-state index contributed by atoms with van der Waals surface area (Å²) in [7, 11) is 0. The second-order valence-electron chi connectivity index (χ2n) is 4.03. The van der Waals surface area contributed by atoms with Crippen LogP contribution in [0.5, 0.6) is 0 Å². The lowest BCUT2D eigenvalue weighted by Gasteiger charge is -2.27. The van der Waals surface area contributed by atoms with Crippen molar-refractivity contribution >= 4 is 11.6 Å². The van der Waals surface area contributed by atoms with Gasteiger partial charge in [0.2, 0.25) is 0 Å². The minimum absolute atomic E-state index is 0.270. The van der Waals surface area contributed by atoms with Gasteiger partial charge >= 0.3 is 0 Å². The van der Waals surface area contributed by atoms with Crippen LogP contribution in [-0.2, 0) is 12.0 Å². The largest absolute Gasteiger partial charge is 0.307 e. The zero-order chi connectivity index (χ0) is 8.89. The van der Waals surface area contributed by atoms with Gasteiger partial charge in [0.05, 0.1) is 0 Å². The summed E-state index contributed by atoms with van der Waals surface area (Å²) in [5.74, 6) is 0. The summed E-state index contributed by atoms with van der Waals surface area (Å²) in [6.07, 6.45) is 3.63. The van der Waals surface area contributed by atoms with Gasteiger partial charge in [-0.3, -0.25) is 0 Å². The topological polar surface area (TPSA) is 12.0 Å². The first-order valence-electron chi connectivity index (χ1n) is 4.85. The smallest absolute Gasteiger partial charge is 0.0459 e. The van der Waals surface area contributed by atoms with E-state index in [-0.39, 0.29) is 5.54 Å². The van der Waals surface area contributed by atoms with Gasteiger partial charge in [0.25, 0.3) is 0 Å². The van der Waals surface area contributed by atoms with Crippen molar-refractivity contribution in [2.75, 3.05) is 6.54 Å². The molecule has 0 unspecified atom stereocenters. The second-order valence-corrected chi connectivity index (χ2v) is 4.44. The third-order valence-electron chi connectivity index (χ3n) is 3.19. The Balaban J connectivity index is 2.21. The molecular weight excluding hydrogens is 182 g/mol. The molecule has 1 N–H and O–H groups in total. The van der Waals surface area contributed by atoms with Crippen LogP contribution in [0.25, 0.3) is 0 Å². The summed E-state index contributed by atoms with van der Waals surface area (Å²) in [5, 5.41) is 4.53. The lowest BCUT2D eigenvalue weighted by molar-refractivity contribution is 0.490. The minimum atomic E-state index is 0.270. The fourth-order valence-corrected chi connectivity index (χ4v) is 2.76. The molecule has 1 saturated carbocycles. The van der Waals surface area contributed by atoms with Crippen molar-refractivity contribution in [3.8, 4) is 0 Å². The lowest BCUT2D eigenvalue weighted by atomic mass is 9.92. The molecule has 68 valence electrons. The second kappa shape index (κ2) is 2.49. The quantitative estimate of drug-likeness (QED) is 0.668. The van der Waals surface area contributed by atoms with Crippen LogP contribution in [0.2, 0.25) is 5.02 Å². The van der Waals surface area contributed by atoms with E-state index in [1.807, 2.05) is 6.07 Å². The number of fused-ring (bicyclic) bond motifs is 2. The van der Waals surface area contributed by atoms with E-state index in [2.05, 4.69) is 17.4 Å². The van der Waals surface area contributed by atoms with Crippen molar-refractivity contribution < 1.29 is 0 Å². The van der Waals surface area contributed by atoms with Crippen molar-refractivity contribution in [3.05, 3.63) is 34.3 Å². The Hall–Kier alpha value is -0.530. The standard InChI is InChI=1S/C11H12ClN/c12-9-3-1-2-8-4-7-13-11(5-6-11)10(8)9/h1-3,13H,4-7H2. The van der Waals surface area contributed by atoms with E-state index < -0.39 is 0 Å². The summed E-state index contributed by atoms with van der Waals surface area (Å²) in [6, 6.07) is 6.28. The van der Waals surface area contributed by atoms with Crippen LogP contribution >= 0.6 is 11.6 Å². The maximum atomic E-state index is 6.23.